The number of hydrogen-bond donors (Lipinski definition) is 2. The van der Waals surface area contributed by atoms with E-state index < -0.39 is 11.9 Å². The number of carbonyl (C=O) groups excluding carboxylic acids is 3. The minimum Gasteiger partial charge on any atom is -0.489 e. The van der Waals surface area contributed by atoms with Crippen molar-refractivity contribution in [1.82, 2.24) is 15.5 Å². The van der Waals surface area contributed by atoms with Crippen molar-refractivity contribution in [2.24, 2.45) is 0 Å². The Morgan fingerprint density at radius 2 is 1.86 bits per heavy atom. The van der Waals surface area contributed by atoms with Gasteiger partial charge in [-0.1, -0.05) is 30.7 Å². The minimum atomic E-state index is -0.618. The fourth-order valence-electron chi connectivity index (χ4n) is 5.21. The number of nitrogens with zero attached hydrogens (tertiary/aromatic N) is 2. The Bertz CT molecular complexity index is 1190. The van der Waals surface area contributed by atoms with Crippen LogP contribution in [-0.2, 0) is 22.7 Å². The van der Waals surface area contributed by atoms with E-state index in [9.17, 15) is 14.4 Å². The molecule has 1 aliphatic carbocycles. The first kappa shape index (κ1) is 23.1. The Morgan fingerprint density at radius 3 is 2.63 bits per heavy atom. The number of fused-ring (bicyclic) bond motifs is 1. The number of imide groups is 1. The second-order valence-electron chi connectivity index (χ2n) is 9.43. The zero-order chi connectivity index (χ0) is 24.4. The van der Waals surface area contributed by atoms with E-state index in [2.05, 4.69) is 15.5 Å². The van der Waals surface area contributed by atoms with Gasteiger partial charge in [0.2, 0.25) is 11.8 Å². The lowest BCUT2D eigenvalue weighted by Gasteiger charge is -2.33. The van der Waals surface area contributed by atoms with E-state index in [1.165, 1.54) is 0 Å². The van der Waals surface area contributed by atoms with Crippen LogP contribution in [0.15, 0.2) is 42.5 Å². The summed E-state index contributed by atoms with van der Waals surface area (Å²) in [7, 11) is 0. The van der Waals surface area contributed by atoms with Crippen molar-refractivity contribution >= 4 is 23.4 Å². The lowest BCUT2D eigenvalue weighted by molar-refractivity contribution is -0.136. The molecule has 2 aromatic carbocycles. The van der Waals surface area contributed by atoms with Gasteiger partial charge < -0.3 is 15.0 Å². The highest BCUT2D eigenvalue weighted by molar-refractivity contribution is 6.05. The summed E-state index contributed by atoms with van der Waals surface area (Å²) in [4.78, 5) is 41.7. The molecule has 3 amide bonds. The Kier molecular flexibility index (Phi) is 6.51. The van der Waals surface area contributed by atoms with Gasteiger partial charge in [0.15, 0.2) is 5.69 Å². The van der Waals surface area contributed by atoms with Crippen LogP contribution in [0.5, 0.6) is 5.75 Å². The fraction of sp³-hybridized carbons (Fsp3) is 0.407. The van der Waals surface area contributed by atoms with Gasteiger partial charge in [0.1, 0.15) is 17.9 Å². The molecule has 180 valence electrons. The maximum absolute atomic E-state index is 12.9. The van der Waals surface area contributed by atoms with E-state index in [1.54, 1.807) is 11.0 Å². The van der Waals surface area contributed by atoms with Gasteiger partial charge in [-0.15, -0.1) is 0 Å². The van der Waals surface area contributed by atoms with Crippen molar-refractivity contribution in [3.05, 3.63) is 70.6 Å². The molecule has 2 aromatic rings. The molecule has 0 spiro atoms. The molecule has 1 saturated carbocycles. The molecule has 35 heavy (non-hydrogen) atoms. The molecule has 3 aliphatic rings. The largest absolute Gasteiger partial charge is 0.489 e. The SMILES string of the molecule is [C-]#[N+]c1ccc(CN[C@H]2CCCC[C@H]2Oc2ccc3c(c2)CN(C2CCC(=O)NC2=O)C3=O)cc1. The van der Waals surface area contributed by atoms with Crippen LogP contribution in [0.3, 0.4) is 0 Å². The first-order chi connectivity index (χ1) is 17.0. The van der Waals surface area contributed by atoms with E-state index in [0.29, 0.717) is 30.8 Å². The first-order valence-corrected chi connectivity index (χ1v) is 12.2. The summed E-state index contributed by atoms with van der Waals surface area (Å²) in [5, 5.41) is 5.96. The number of hydrogen-bond acceptors (Lipinski definition) is 5. The van der Waals surface area contributed by atoms with Gasteiger partial charge in [-0.3, -0.25) is 19.7 Å². The van der Waals surface area contributed by atoms with Crippen LogP contribution < -0.4 is 15.4 Å². The third-order valence-corrected chi connectivity index (χ3v) is 7.12. The summed E-state index contributed by atoms with van der Waals surface area (Å²) in [5.41, 5.74) is 3.20. The highest BCUT2D eigenvalue weighted by atomic mass is 16.5. The van der Waals surface area contributed by atoms with E-state index in [1.807, 2.05) is 36.4 Å². The lowest BCUT2D eigenvalue weighted by Crippen LogP contribution is -2.52. The summed E-state index contributed by atoms with van der Waals surface area (Å²) >= 11 is 0. The van der Waals surface area contributed by atoms with Crippen LogP contribution >= 0.6 is 0 Å². The fourth-order valence-corrected chi connectivity index (χ4v) is 5.21. The van der Waals surface area contributed by atoms with Crippen LogP contribution in [0, 0.1) is 6.57 Å². The Balaban J connectivity index is 1.24. The van der Waals surface area contributed by atoms with Crippen molar-refractivity contribution in [2.75, 3.05) is 0 Å². The second kappa shape index (κ2) is 9.88. The molecule has 0 radical (unpaired) electrons. The van der Waals surface area contributed by atoms with Crippen molar-refractivity contribution < 1.29 is 19.1 Å². The minimum absolute atomic E-state index is 0.0210. The molecular formula is C27H28N4O4. The molecule has 2 fully saturated rings. The quantitative estimate of drug-likeness (QED) is 0.496. The van der Waals surface area contributed by atoms with Gasteiger partial charge >= 0.3 is 0 Å². The first-order valence-electron chi connectivity index (χ1n) is 12.2. The average Bonchev–Trinajstić information content (AvgIpc) is 3.19. The summed E-state index contributed by atoms with van der Waals surface area (Å²) in [5.74, 6) is -0.148. The Hall–Kier alpha value is -3.70. The summed E-state index contributed by atoms with van der Waals surface area (Å²) in [6.07, 6.45) is 4.84. The van der Waals surface area contributed by atoms with Crippen molar-refractivity contribution in [3.8, 4) is 5.75 Å². The van der Waals surface area contributed by atoms with Crippen molar-refractivity contribution in [3.63, 3.8) is 0 Å². The number of rotatable bonds is 6. The van der Waals surface area contributed by atoms with Crippen molar-refractivity contribution in [1.29, 1.82) is 0 Å². The van der Waals surface area contributed by atoms with Gasteiger partial charge in [0.05, 0.1) is 6.57 Å². The van der Waals surface area contributed by atoms with Crippen LogP contribution in [0.2, 0.25) is 0 Å². The highest BCUT2D eigenvalue weighted by Crippen LogP contribution is 2.32. The number of nitrogens with one attached hydrogen (secondary N) is 2. The zero-order valence-corrected chi connectivity index (χ0v) is 19.5. The smallest absolute Gasteiger partial charge is 0.255 e. The summed E-state index contributed by atoms with van der Waals surface area (Å²) in [6.45, 7) is 8.14. The van der Waals surface area contributed by atoms with Gasteiger partial charge in [0.25, 0.3) is 5.91 Å². The van der Waals surface area contributed by atoms with Crippen LogP contribution in [0.4, 0.5) is 5.69 Å². The standard InChI is InChI=1S/C27H28N4O4/c1-28-19-8-6-17(7-9-19)15-29-22-4-2-3-5-24(22)35-20-10-11-21-18(14-20)16-31(27(21)34)23-12-13-25(32)30-26(23)33/h6-11,14,22-24,29H,2-5,12-13,15-16H2,(H,30,32,33)/t22-,23?,24+/m0/s1. The van der Waals surface area contributed by atoms with Gasteiger partial charge in [-0.2, -0.15) is 0 Å². The molecule has 2 aliphatic heterocycles. The van der Waals surface area contributed by atoms with E-state index in [-0.39, 0.29) is 30.4 Å². The van der Waals surface area contributed by atoms with Gasteiger partial charge in [-0.25, -0.2) is 4.85 Å². The number of piperidine rings is 1. The zero-order valence-electron chi connectivity index (χ0n) is 19.5. The highest BCUT2D eigenvalue weighted by Gasteiger charge is 2.39. The molecule has 8 nitrogen and oxygen atoms in total. The summed E-state index contributed by atoms with van der Waals surface area (Å²) in [6, 6.07) is 12.7. The van der Waals surface area contributed by atoms with Crippen LogP contribution in [0.1, 0.15) is 60.0 Å². The Morgan fingerprint density at radius 1 is 1.06 bits per heavy atom. The monoisotopic (exact) mass is 472 g/mol. The number of benzene rings is 2. The molecule has 0 bridgehead atoms. The molecule has 1 saturated heterocycles. The average molecular weight is 473 g/mol. The molecule has 0 aromatic heterocycles. The molecule has 2 N–H and O–H groups in total. The van der Waals surface area contributed by atoms with Crippen LogP contribution in [0.25, 0.3) is 4.85 Å². The lowest BCUT2D eigenvalue weighted by atomic mass is 9.92. The molecule has 3 atom stereocenters. The predicted molar refractivity (Wildman–Crippen MR) is 129 cm³/mol. The summed E-state index contributed by atoms with van der Waals surface area (Å²) < 4.78 is 6.41. The van der Waals surface area contributed by atoms with Gasteiger partial charge in [0, 0.05) is 31.1 Å². The predicted octanol–water partition coefficient (Wildman–Crippen LogP) is 3.48. The molecule has 2 heterocycles. The molecule has 1 unspecified atom stereocenters. The maximum atomic E-state index is 12.9. The van der Waals surface area contributed by atoms with Crippen molar-refractivity contribution in [2.45, 2.75) is 69.8 Å². The Labute approximate surface area is 204 Å². The van der Waals surface area contributed by atoms with Gasteiger partial charge in [-0.05, 0) is 55.0 Å². The van der Waals surface area contributed by atoms with E-state index in [4.69, 9.17) is 11.3 Å². The number of ether oxygens (including phenoxy) is 1. The third-order valence-electron chi connectivity index (χ3n) is 7.12. The maximum Gasteiger partial charge on any atom is 0.255 e. The van der Waals surface area contributed by atoms with E-state index in [0.717, 1.165) is 42.6 Å². The number of amides is 3. The normalized spacial score (nSPS) is 24.0. The number of carbonyl (C=O) groups is 3. The molecule has 8 heteroatoms. The van der Waals surface area contributed by atoms with E-state index >= 15 is 0 Å². The second-order valence-corrected chi connectivity index (χ2v) is 9.43. The molecule has 5 rings (SSSR count). The molecular weight excluding hydrogens is 444 g/mol. The third kappa shape index (κ3) is 4.91. The van der Waals surface area contributed by atoms with Crippen LogP contribution in [-0.4, -0.2) is 40.8 Å². The topological polar surface area (TPSA) is 92.1 Å².